The van der Waals surface area contributed by atoms with Crippen LogP contribution in [-0.2, 0) is 16.0 Å². The number of nitrogens with zero attached hydrogens (tertiary/aromatic N) is 1. The van der Waals surface area contributed by atoms with E-state index in [9.17, 15) is 14.0 Å². The zero-order valence-corrected chi connectivity index (χ0v) is 16.0. The number of likely N-dealkylation sites (N-methyl/N-ethyl adjacent to an activating group) is 1. The number of benzene rings is 2. The highest BCUT2D eigenvalue weighted by molar-refractivity contribution is 5.85. The molecule has 5 nitrogen and oxygen atoms in total. The summed E-state index contributed by atoms with van der Waals surface area (Å²) in [5, 5.41) is 5.75. The Morgan fingerprint density at radius 2 is 1.74 bits per heavy atom. The van der Waals surface area contributed by atoms with Gasteiger partial charge in [0.15, 0.2) is 0 Å². The smallest absolute Gasteiger partial charge is 0.241 e. The van der Waals surface area contributed by atoms with Crippen LogP contribution in [0.5, 0.6) is 0 Å². The minimum atomic E-state index is -0.332. The van der Waals surface area contributed by atoms with Crippen LogP contribution in [-0.4, -0.2) is 43.9 Å². The van der Waals surface area contributed by atoms with Crippen LogP contribution in [0.1, 0.15) is 29.7 Å². The van der Waals surface area contributed by atoms with Gasteiger partial charge in [-0.2, -0.15) is 0 Å². The van der Waals surface area contributed by atoms with Crippen molar-refractivity contribution in [1.29, 1.82) is 0 Å². The molecule has 0 saturated carbocycles. The fourth-order valence-electron chi connectivity index (χ4n) is 2.65. The van der Waals surface area contributed by atoms with Crippen LogP contribution in [0, 0.1) is 5.82 Å². The Morgan fingerprint density at radius 1 is 1.04 bits per heavy atom. The van der Waals surface area contributed by atoms with Crippen molar-refractivity contribution in [3.8, 4) is 0 Å². The summed E-state index contributed by atoms with van der Waals surface area (Å²) in [5.41, 5.74) is 2.88. The third kappa shape index (κ3) is 6.18. The summed E-state index contributed by atoms with van der Waals surface area (Å²) in [4.78, 5) is 25.1. The number of hydrogen-bond donors (Lipinski definition) is 2. The molecule has 0 heterocycles. The van der Waals surface area contributed by atoms with Gasteiger partial charge in [0.05, 0.1) is 19.1 Å². The first kappa shape index (κ1) is 20.6. The van der Waals surface area contributed by atoms with Crippen LogP contribution < -0.4 is 10.6 Å². The van der Waals surface area contributed by atoms with Crippen molar-refractivity contribution in [2.45, 2.75) is 19.4 Å². The summed E-state index contributed by atoms with van der Waals surface area (Å²) in [6.07, 6.45) is 0.931. The number of nitrogens with one attached hydrogen (secondary N) is 2. The molecule has 144 valence electrons. The lowest BCUT2D eigenvalue weighted by Gasteiger charge is -2.20. The zero-order valence-electron chi connectivity index (χ0n) is 16.0. The number of rotatable bonds is 8. The van der Waals surface area contributed by atoms with E-state index in [1.165, 1.54) is 22.6 Å². The average molecular weight is 371 g/mol. The van der Waals surface area contributed by atoms with Gasteiger partial charge >= 0.3 is 0 Å². The molecule has 0 aliphatic heterocycles. The van der Waals surface area contributed by atoms with E-state index in [0.29, 0.717) is 0 Å². The first-order chi connectivity index (χ1) is 12.9. The van der Waals surface area contributed by atoms with E-state index in [-0.39, 0.29) is 36.8 Å². The highest BCUT2D eigenvalue weighted by Crippen LogP contribution is 2.23. The molecule has 0 aromatic heterocycles. The standard InChI is InChI=1S/C21H26FN3O2/c1-4-15-8-10-16(11-9-15)21(17-6-5-7-18(22)12-17)24-13-19(26)23-14-20(27)25(2)3/h5-12,21,24H,4,13-14H2,1-3H3,(H,23,26)/t21-/m1/s1. The third-order valence-electron chi connectivity index (χ3n) is 4.31. The van der Waals surface area contributed by atoms with Gasteiger partial charge in [-0.05, 0) is 35.2 Å². The van der Waals surface area contributed by atoms with Gasteiger partial charge in [0.25, 0.3) is 0 Å². The topological polar surface area (TPSA) is 61.4 Å². The minimum absolute atomic E-state index is 0.0113. The Bertz CT molecular complexity index is 775. The molecule has 1 atom stereocenters. The zero-order chi connectivity index (χ0) is 19.8. The number of hydrogen-bond acceptors (Lipinski definition) is 3. The summed E-state index contributed by atoms with van der Waals surface area (Å²) in [6, 6.07) is 14.0. The Morgan fingerprint density at radius 3 is 2.33 bits per heavy atom. The molecule has 27 heavy (non-hydrogen) atoms. The van der Waals surface area contributed by atoms with E-state index < -0.39 is 0 Å². The summed E-state index contributed by atoms with van der Waals surface area (Å²) in [7, 11) is 3.26. The Hall–Kier alpha value is -2.73. The second-order valence-electron chi connectivity index (χ2n) is 6.53. The maximum atomic E-state index is 13.7. The predicted molar refractivity (Wildman–Crippen MR) is 104 cm³/mol. The maximum absolute atomic E-state index is 13.7. The fourth-order valence-corrected chi connectivity index (χ4v) is 2.65. The normalized spacial score (nSPS) is 11.7. The first-order valence-electron chi connectivity index (χ1n) is 8.95. The lowest BCUT2D eigenvalue weighted by atomic mass is 9.97. The van der Waals surface area contributed by atoms with Crippen LogP contribution in [0.15, 0.2) is 48.5 Å². The van der Waals surface area contributed by atoms with Crippen LogP contribution >= 0.6 is 0 Å². The van der Waals surface area contributed by atoms with Gasteiger partial charge in [0, 0.05) is 14.1 Å². The van der Waals surface area contributed by atoms with Gasteiger partial charge in [-0.15, -0.1) is 0 Å². The number of carbonyl (C=O) groups excluding carboxylic acids is 2. The Balaban J connectivity index is 2.10. The van der Waals surface area contributed by atoms with Crippen molar-refractivity contribution < 1.29 is 14.0 Å². The molecule has 0 spiro atoms. The van der Waals surface area contributed by atoms with Crippen LogP contribution in [0.3, 0.4) is 0 Å². The van der Waals surface area contributed by atoms with Crippen molar-refractivity contribution in [2.24, 2.45) is 0 Å². The monoisotopic (exact) mass is 371 g/mol. The molecular weight excluding hydrogens is 345 g/mol. The molecule has 0 fully saturated rings. The second-order valence-corrected chi connectivity index (χ2v) is 6.53. The maximum Gasteiger partial charge on any atom is 0.241 e. The van der Waals surface area contributed by atoms with Crippen LogP contribution in [0.4, 0.5) is 4.39 Å². The van der Waals surface area contributed by atoms with Crippen LogP contribution in [0.2, 0.25) is 0 Å². The van der Waals surface area contributed by atoms with Crippen LogP contribution in [0.25, 0.3) is 0 Å². The van der Waals surface area contributed by atoms with E-state index in [1.807, 2.05) is 30.3 Å². The average Bonchev–Trinajstić information content (AvgIpc) is 2.66. The van der Waals surface area contributed by atoms with E-state index >= 15 is 0 Å². The highest BCUT2D eigenvalue weighted by atomic mass is 19.1. The molecule has 0 saturated heterocycles. The molecule has 2 amide bonds. The Kier molecular flexibility index (Phi) is 7.49. The lowest BCUT2D eigenvalue weighted by Crippen LogP contribution is -2.41. The van der Waals surface area contributed by atoms with Crippen molar-refractivity contribution in [1.82, 2.24) is 15.5 Å². The van der Waals surface area contributed by atoms with Crippen molar-refractivity contribution >= 4 is 11.8 Å². The van der Waals surface area contributed by atoms with Crippen molar-refractivity contribution in [3.05, 3.63) is 71.0 Å². The van der Waals surface area contributed by atoms with E-state index in [2.05, 4.69) is 17.6 Å². The number of amides is 2. The number of aryl methyl sites for hydroxylation is 1. The Labute approximate surface area is 159 Å². The minimum Gasteiger partial charge on any atom is -0.347 e. The molecule has 6 heteroatoms. The summed E-state index contributed by atoms with van der Waals surface area (Å²) >= 11 is 0. The lowest BCUT2D eigenvalue weighted by molar-refractivity contribution is -0.130. The SMILES string of the molecule is CCc1ccc([C@@H](NCC(=O)NCC(=O)N(C)C)c2cccc(F)c2)cc1. The van der Waals surface area contributed by atoms with Gasteiger partial charge in [0.2, 0.25) is 11.8 Å². The van der Waals surface area contributed by atoms with Crippen molar-refractivity contribution in [2.75, 3.05) is 27.2 Å². The van der Waals surface area contributed by atoms with E-state index in [1.54, 1.807) is 20.2 Å². The number of carbonyl (C=O) groups is 2. The van der Waals surface area contributed by atoms with Gasteiger partial charge in [-0.1, -0.05) is 43.3 Å². The molecule has 2 aromatic carbocycles. The molecular formula is C21H26FN3O2. The third-order valence-corrected chi connectivity index (χ3v) is 4.31. The van der Waals surface area contributed by atoms with Gasteiger partial charge in [0.1, 0.15) is 5.82 Å². The first-order valence-corrected chi connectivity index (χ1v) is 8.95. The highest BCUT2D eigenvalue weighted by Gasteiger charge is 2.16. The van der Waals surface area contributed by atoms with E-state index in [0.717, 1.165) is 17.5 Å². The van der Waals surface area contributed by atoms with Gasteiger partial charge in [-0.25, -0.2) is 4.39 Å². The molecule has 0 bridgehead atoms. The molecule has 2 rings (SSSR count). The van der Waals surface area contributed by atoms with Gasteiger partial charge < -0.3 is 10.2 Å². The molecule has 0 aliphatic rings. The molecule has 2 N–H and O–H groups in total. The molecule has 0 unspecified atom stereocenters. The second kappa shape index (κ2) is 9.83. The predicted octanol–water partition coefficient (Wildman–Crippen LogP) is 2.27. The molecule has 0 aliphatic carbocycles. The molecule has 2 aromatic rings. The quantitative estimate of drug-likeness (QED) is 0.748. The van der Waals surface area contributed by atoms with Crippen molar-refractivity contribution in [3.63, 3.8) is 0 Å². The van der Waals surface area contributed by atoms with E-state index in [4.69, 9.17) is 0 Å². The fraction of sp³-hybridized carbons (Fsp3) is 0.333. The largest absolute Gasteiger partial charge is 0.347 e. The summed E-state index contributed by atoms with van der Waals surface area (Å²) in [6.45, 7) is 2.04. The summed E-state index contributed by atoms with van der Waals surface area (Å²) < 4.78 is 13.7. The summed E-state index contributed by atoms with van der Waals surface area (Å²) in [5.74, 6) is -0.803. The molecule has 0 radical (unpaired) electrons. The number of halogens is 1. The van der Waals surface area contributed by atoms with Gasteiger partial charge in [-0.3, -0.25) is 14.9 Å².